The highest BCUT2D eigenvalue weighted by Crippen LogP contribution is 2.31. The molecular formula is C22H29ClN6O2. The highest BCUT2D eigenvalue weighted by atomic mass is 35.5. The smallest absolute Gasteiger partial charge is 0.322 e. The molecule has 2 aliphatic rings. The Morgan fingerprint density at radius 1 is 1.16 bits per heavy atom. The zero-order chi connectivity index (χ0) is 22.2. The van der Waals surface area contributed by atoms with Crippen LogP contribution in [0.2, 0.25) is 5.02 Å². The van der Waals surface area contributed by atoms with Gasteiger partial charge in [-0.2, -0.15) is 5.10 Å². The zero-order valence-corrected chi connectivity index (χ0v) is 18.8. The lowest BCUT2D eigenvalue weighted by molar-refractivity contribution is -0.132. The summed E-state index contributed by atoms with van der Waals surface area (Å²) < 4.78 is 1.66. The molecule has 1 aliphatic carbocycles. The fourth-order valence-electron chi connectivity index (χ4n) is 4.13. The number of fused-ring (bicyclic) bond motifs is 1. The van der Waals surface area contributed by atoms with E-state index in [1.807, 2.05) is 6.07 Å². The van der Waals surface area contributed by atoms with Gasteiger partial charge >= 0.3 is 6.03 Å². The molecule has 9 heteroatoms. The lowest BCUT2D eigenvalue weighted by Gasteiger charge is -2.40. The van der Waals surface area contributed by atoms with Crippen molar-refractivity contribution in [3.05, 3.63) is 41.0 Å². The van der Waals surface area contributed by atoms with Gasteiger partial charge < -0.3 is 10.6 Å². The van der Waals surface area contributed by atoms with Crippen LogP contribution in [0.5, 0.6) is 0 Å². The summed E-state index contributed by atoms with van der Waals surface area (Å²) >= 11 is 5.91. The van der Waals surface area contributed by atoms with Crippen LogP contribution in [-0.4, -0.2) is 27.8 Å². The molecule has 3 atom stereocenters. The molecule has 166 valence electrons. The van der Waals surface area contributed by atoms with E-state index in [0.29, 0.717) is 16.5 Å². The van der Waals surface area contributed by atoms with Crippen molar-refractivity contribution >= 4 is 35.0 Å². The molecule has 2 aromatic rings. The summed E-state index contributed by atoms with van der Waals surface area (Å²) in [5, 5.41) is 17.5. The maximum Gasteiger partial charge on any atom is 0.324 e. The molecule has 31 heavy (non-hydrogen) atoms. The topological polar surface area (TPSA) is 100 Å². The molecule has 1 aromatic carbocycles. The van der Waals surface area contributed by atoms with Crippen LogP contribution in [0.25, 0.3) is 0 Å². The van der Waals surface area contributed by atoms with Crippen LogP contribution < -0.4 is 21.3 Å². The molecule has 8 nitrogen and oxygen atoms in total. The number of rotatable bonds is 3. The second-order valence-electron chi connectivity index (χ2n) is 9.27. The van der Waals surface area contributed by atoms with E-state index in [1.165, 1.54) is 0 Å². The maximum absolute atomic E-state index is 12.7. The van der Waals surface area contributed by atoms with Crippen LogP contribution in [-0.2, 0) is 10.2 Å². The van der Waals surface area contributed by atoms with Gasteiger partial charge in [-0.15, -0.1) is 0 Å². The summed E-state index contributed by atoms with van der Waals surface area (Å²) in [6.07, 6.45) is 3.52. The van der Waals surface area contributed by atoms with Gasteiger partial charge in [0.1, 0.15) is 5.82 Å². The Hall–Kier alpha value is -2.58. The number of hydrogen-bond donors (Lipinski definition) is 4. The van der Waals surface area contributed by atoms with Crippen molar-refractivity contribution in [3.8, 4) is 0 Å². The fraction of sp³-hybridized carbons (Fsp3) is 0.500. The standard InChI is InChI=1S/C22H29ClN6O2/c1-22(2,3)17-12-18(26-21(31)24-14-10-8-13(23)9-11-14)29(28-17)20-25-16-7-5-4-6-15(16)19(30)27-20/h8-12,15-16,20,25H,4-7H2,1-3H3,(H,27,30)(H2,24,26,31). The van der Waals surface area contributed by atoms with Crippen molar-refractivity contribution in [3.63, 3.8) is 0 Å². The summed E-state index contributed by atoms with van der Waals surface area (Å²) in [5.74, 6) is 0.536. The van der Waals surface area contributed by atoms with Crippen LogP contribution in [0.3, 0.4) is 0 Å². The van der Waals surface area contributed by atoms with Gasteiger partial charge in [0, 0.05) is 28.2 Å². The van der Waals surface area contributed by atoms with Gasteiger partial charge in [-0.1, -0.05) is 45.2 Å². The van der Waals surface area contributed by atoms with E-state index in [9.17, 15) is 9.59 Å². The van der Waals surface area contributed by atoms with Crippen molar-refractivity contribution in [2.24, 2.45) is 5.92 Å². The second kappa shape index (κ2) is 8.51. The zero-order valence-electron chi connectivity index (χ0n) is 18.0. The molecule has 0 radical (unpaired) electrons. The Bertz CT molecular complexity index is 965. The third-order valence-electron chi connectivity index (χ3n) is 5.85. The van der Waals surface area contributed by atoms with Gasteiger partial charge in [0.15, 0.2) is 6.29 Å². The molecule has 2 heterocycles. The monoisotopic (exact) mass is 444 g/mol. The predicted molar refractivity (Wildman–Crippen MR) is 121 cm³/mol. The molecule has 0 spiro atoms. The van der Waals surface area contributed by atoms with Gasteiger partial charge in [0.05, 0.1) is 11.6 Å². The molecular weight excluding hydrogens is 416 g/mol. The van der Waals surface area contributed by atoms with E-state index in [4.69, 9.17) is 16.7 Å². The first-order chi connectivity index (χ1) is 14.7. The Morgan fingerprint density at radius 2 is 1.87 bits per heavy atom. The largest absolute Gasteiger partial charge is 0.324 e. The molecule has 2 fully saturated rings. The SMILES string of the molecule is CC(C)(C)c1cc(NC(=O)Nc2ccc(Cl)cc2)n(C2NC(=O)C3CCCCC3N2)n1. The average molecular weight is 445 g/mol. The highest BCUT2D eigenvalue weighted by Gasteiger charge is 2.39. The lowest BCUT2D eigenvalue weighted by atomic mass is 9.83. The van der Waals surface area contributed by atoms with Crippen LogP contribution in [0.1, 0.15) is 58.4 Å². The number of amides is 3. The van der Waals surface area contributed by atoms with Crippen molar-refractivity contribution in [1.82, 2.24) is 20.4 Å². The molecule has 0 bridgehead atoms. The number of halogens is 1. The first-order valence-electron chi connectivity index (χ1n) is 10.7. The molecule has 4 rings (SSSR count). The quantitative estimate of drug-likeness (QED) is 0.569. The number of carbonyl (C=O) groups excluding carboxylic acids is 2. The van der Waals surface area contributed by atoms with Gasteiger partial charge in [0.2, 0.25) is 5.91 Å². The number of benzene rings is 1. The van der Waals surface area contributed by atoms with E-state index in [2.05, 4.69) is 42.0 Å². The molecule has 1 saturated carbocycles. The summed E-state index contributed by atoms with van der Waals surface area (Å²) in [4.78, 5) is 25.4. The van der Waals surface area contributed by atoms with E-state index < -0.39 is 12.3 Å². The van der Waals surface area contributed by atoms with Crippen molar-refractivity contribution in [1.29, 1.82) is 0 Å². The minimum absolute atomic E-state index is 0.00717. The van der Waals surface area contributed by atoms with Gasteiger partial charge in [-0.25, -0.2) is 9.48 Å². The second-order valence-corrected chi connectivity index (χ2v) is 9.71. The van der Waals surface area contributed by atoms with Gasteiger partial charge in [-0.3, -0.25) is 15.4 Å². The third-order valence-corrected chi connectivity index (χ3v) is 6.10. The van der Waals surface area contributed by atoms with E-state index in [1.54, 1.807) is 28.9 Å². The number of aromatic nitrogens is 2. The lowest BCUT2D eigenvalue weighted by Crippen LogP contribution is -2.59. The predicted octanol–water partition coefficient (Wildman–Crippen LogP) is 4.21. The van der Waals surface area contributed by atoms with Crippen LogP contribution >= 0.6 is 11.6 Å². The average Bonchev–Trinajstić information content (AvgIpc) is 3.14. The van der Waals surface area contributed by atoms with Gasteiger partial charge in [-0.05, 0) is 37.1 Å². The number of nitrogens with one attached hydrogen (secondary N) is 4. The number of urea groups is 1. The van der Waals surface area contributed by atoms with Crippen LogP contribution in [0.15, 0.2) is 30.3 Å². The highest BCUT2D eigenvalue weighted by molar-refractivity contribution is 6.30. The molecule has 3 unspecified atom stereocenters. The Kier molecular flexibility index (Phi) is 5.94. The molecule has 1 aromatic heterocycles. The van der Waals surface area contributed by atoms with Crippen LogP contribution in [0.4, 0.5) is 16.3 Å². The molecule has 1 aliphatic heterocycles. The van der Waals surface area contributed by atoms with Crippen molar-refractivity contribution < 1.29 is 9.59 Å². The Morgan fingerprint density at radius 3 is 2.58 bits per heavy atom. The minimum Gasteiger partial charge on any atom is -0.322 e. The Labute approximate surface area is 187 Å². The number of hydrogen-bond acceptors (Lipinski definition) is 4. The number of nitrogens with zero attached hydrogens (tertiary/aromatic N) is 2. The first-order valence-corrected chi connectivity index (χ1v) is 11.1. The molecule has 1 saturated heterocycles. The molecule has 3 amide bonds. The van der Waals surface area contributed by atoms with E-state index in [0.717, 1.165) is 31.4 Å². The summed E-state index contributed by atoms with van der Waals surface area (Å²) in [5.41, 5.74) is 1.22. The molecule has 4 N–H and O–H groups in total. The van der Waals surface area contributed by atoms with E-state index >= 15 is 0 Å². The van der Waals surface area contributed by atoms with Crippen LogP contribution in [0, 0.1) is 5.92 Å². The summed E-state index contributed by atoms with van der Waals surface area (Å²) in [7, 11) is 0. The van der Waals surface area contributed by atoms with Crippen molar-refractivity contribution in [2.45, 2.75) is 64.2 Å². The minimum atomic E-state index is -0.520. The third kappa shape index (κ3) is 4.85. The first kappa shape index (κ1) is 21.6. The number of anilines is 2. The normalized spacial score (nSPS) is 23.6. The maximum atomic E-state index is 12.7. The summed E-state index contributed by atoms with van der Waals surface area (Å²) in [6, 6.07) is 8.44. The number of carbonyl (C=O) groups is 2. The van der Waals surface area contributed by atoms with Gasteiger partial charge in [0.25, 0.3) is 0 Å². The summed E-state index contributed by atoms with van der Waals surface area (Å²) in [6.45, 7) is 6.17. The van der Waals surface area contributed by atoms with Crippen molar-refractivity contribution in [2.75, 3.05) is 10.6 Å². The Balaban J connectivity index is 1.57. The van der Waals surface area contributed by atoms with E-state index in [-0.39, 0.29) is 23.3 Å². The fourth-order valence-corrected chi connectivity index (χ4v) is 4.25.